The predicted molar refractivity (Wildman–Crippen MR) is 72.8 cm³/mol. The van der Waals surface area contributed by atoms with Crippen LogP contribution in [0.15, 0.2) is 51.6 Å². The Balaban J connectivity index is 2.07. The van der Waals surface area contributed by atoms with E-state index in [0.29, 0.717) is 0 Å². The second-order valence-electron chi connectivity index (χ2n) is 4.15. The van der Waals surface area contributed by atoms with Crippen LogP contribution >= 0.6 is 15.9 Å². The van der Waals surface area contributed by atoms with E-state index >= 15 is 0 Å². The third-order valence-electron chi connectivity index (χ3n) is 2.84. The van der Waals surface area contributed by atoms with Gasteiger partial charge in [0.05, 0.1) is 12.3 Å². The van der Waals surface area contributed by atoms with Gasteiger partial charge in [-0.2, -0.15) is 0 Å². The van der Waals surface area contributed by atoms with Crippen LogP contribution in [0.25, 0.3) is 0 Å². The molecular weight excluding hydrogens is 278 g/mol. The molecule has 90 valence electrons. The summed E-state index contributed by atoms with van der Waals surface area (Å²) in [5.41, 5.74) is 1.26. The maximum absolute atomic E-state index is 5.39. The summed E-state index contributed by atoms with van der Waals surface area (Å²) < 4.78 is 6.52. The van der Waals surface area contributed by atoms with E-state index < -0.39 is 0 Å². The number of hydrogen-bond donors (Lipinski definition) is 1. The first kappa shape index (κ1) is 12.4. The molecule has 1 aromatic heterocycles. The van der Waals surface area contributed by atoms with Crippen molar-refractivity contribution in [3.8, 4) is 0 Å². The lowest BCUT2D eigenvalue weighted by atomic mass is 10.1. The molecule has 3 heteroatoms. The van der Waals surface area contributed by atoms with E-state index in [1.54, 1.807) is 6.26 Å². The largest absolute Gasteiger partial charge is 0.468 e. The molecule has 0 bridgehead atoms. The van der Waals surface area contributed by atoms with Crippen LogP contribution in [0.3, 0.4) is 0 Å². The first-order valence-corrected chi connectivity index (χ1v) is 6.51. The van der Waals surface area contributed by atoms with Gasteiger partial charge in [0.1, 0.15) is 5.76 Å². The Morgan fingerprint density at radius 3 is 2.47 bits per heavy atom. The second-order valence-corrected chi connectivity index (χ2v) is 5.00. The highest BCUT2D eigenvalue weighted by Crippen LogP contribution is 2.25. The van der Waals surface area contributed by atoms with Crippen LogP contribution in [0.2, 0.25) is 0 Å². The standard InChI is InChI=1S/C14H16BrNO/c1-10(12-6-3-4-7-13(12)15)16-11(2)14-8-5-9-17-14/h3-11,16H,1-2H3/t10-,11?/m1/s1. The minimum absolute atomic E-state index is 0.201. The van der Waals surface area contributed by atoms with Gasteiger partial charge in [-0.1, -0.05) is 34.1 Å². The third-order valence-corrected chi connectivity index (χ3v) is 3.56. The fraction of sp³-hybridized carbons (Fsp3) is 0.286. The maximum Gasteiger partial charge on any atom is 0.120 e. The number of nitrogens with one attached hydrogen (secondary N) is 1. The zero-order valence-electron chi connectivity index (χ0n) is 9.98. The average molecular weight is 294 g/mol. The molecule has 2 rings (SSSR count). The van der Waals surface area contributed by atoms with Crippen molar-refractivity contribution < 1.29 is 4.42 Å². The Morgan fingerprint density at radius 1 is 1.06 bits per heavy atom. The average Bonchev–Trinajstić information content (AvgIpc) is 2.82. The van der Waals surface area contributed by atoms with E-state index in [2.05, 4.69) is 53.3 Å². The molecule has 1 unspecified atom stereocenters. The van der Waals surface area contributed by atoms with Crippen molar-refractivity contribution in [3.63, 3.8) is 0 Å². The van der Waals surface area contributed by atoms with Crippen molar-refractivity contribution in [2.45, 2.75) is 25.9 Å². The van der Waals surface area contributed by atoms with E-state index in [0.717, 1.165) is 10.2 Å². The molecule has 0 saturated carbocycles. The molecule has 2 atom stereocenters. The quantitative estimate of drug-likeness (QED) is 0.901. The van der Waals surface area contributed by atoms with E-state index in [9.17, 15) is 0 Å². The molecule has 17 heavy (non-hydrogen) atoms. The van der Waals surface area contributed by atoms with Crippen molar-refractivity contribution >= 4 is 15.9 Å². The Bertz CT molecular complexity index is 467. The molecule has 2 aromatic rings. The monoisotopic (exact) mass is 293 g/mol. The lowest BCUT2D eigenvalue weighted by Crippen LogP contribution is -2.22. The van der Waals surface area contributed by atoms with Gasteiger partial charge in [-0.3, -0.25) is 0 Å². The molecule has 1 N–H and O–H groups in total. The van der Waals surface area contributed by atoms with Crippen molar-refractivity contribution in [3.05, 3.63) is 58.5 Å². The molecular formula is C14H16BrNO. The molecule has 0 fully saturated rings. The number of hydrogen-bond acceptors (Lipinski definition) is 2. The summed E-state index contributed by atoms with van der Waals surface area (Å²) in [4.78, 5) is 0. The van der Waals surface area contributed by atoms with Crippen molar-refractivity contribution in [1.29, 1.82) is 0 Å². The van der Waals surface area contributed by atoms with Crippen molar-refractivity contribution in [2.75, 3.05) is 0 Å². The molecule has 0 aliphatic carbocycles. The van der Waals surface area contributed by atoms with E-state index in [-0.39, 0.29) is 12.1 Å². The van der Waals surface area contributed by atoms with Crippen LogP contribution in [0.4, 0.5) is 0 Å². The van der Waals surface area contributed by atoms with Crippen LogP contribution in [-0.2, 0) is 0 Å². The lowest BCUT2D eigenvalue weighted by Gasteiger charge is -2.19. The van der Waals surface area contributed by atoms with E-state index in [4.69, 9.17) is 4.42 Å². The number of benzene rings is 1. The molecule has 0 spiro atoms. The maximum atomic E-state index is 5.39. The van der Waals surface area contributed by atoms with Crippen LogP contribution in [0.1, 0.15) is 37.3 Å². The Labute approximate surface area is 110 Å². The van der Waals surface area contributed by atoms with Crippen LogP contribution < -0.4 is 5.32 Å². The summed E-state index contributed by atoms with van der Waals surface area (Å²) in [5, 5.41) is 3.52. The van der Waals surface area contributed by atoms with Crippen LogP contribution in [-0.4, -0.2) is 0 Å². The van der Waals surface area contributed by atoms with Gasteiger partial charge in [-0.25, -0.2) is 0 Å². The van der Waals surface area contributed by atoms with Gasteiger partial charge < -0.3 is 9.73 Å². The second kappa shape index (κ2) is 5.52. The van der Waals surface area contributed by atoms with E-state index in [1.165, 1.54) is 5.56 Å². The molecule has 1 aromatic carbocycles. The SMILES string of the molecule is CC(N[C@H](C)c1ccccc1Br)c1ccco1. The smallest absolute Gasteiger partial charge is 0.120 e. The minimum atomic E-state index is 0.201. The summed E-state index contributed by atoms with van der Waals surface area (Å²) in [5.74, 6) is 0.962. The molecule has 0 aliphatic heterocycles. The van der Waals surface area contributed by atoms with Crippen molar-refractivity contribution in [2.24, 2.45) is 0 Å². The zero-order valence-corrected chi connectivity index (χ0v) is 11.6. The van der Waals surface area contributed by atoms with Gasteiger partial charge in [0.25, 0.3) is 0 Å². The summed E-state index contributed by atoms with van der Waals surface area (Å²) >= 11 is 3.57. The Kier molecular flexibility index (Phi) is 4.02. The highest BCUT2D eigenvalue weighted by atomic mass is 79.9. The van der Waals surface area contributed by atoms with Crippen molar-refractivity contribution in [1.82, 2.24) is 5.32 Å². The summed E-state index contributed by atoms with van der Waals surface area (Å²) in [6.07, 6.45) is 1.70. The lowest BCUT2D eigenvalue weighted by molar-refractivity contribution is 0.402. The Morgan fingerprint density at radius 2 is 1.82 bits per heavy atom. The third kappa shape index (κ3) is 2.99. The molecule has 0 aliphatic rings. The number of rotatable bonds is 4. The summed E-state index contributed by atoms with van der Waals surface area (Å²) in [6, 6.07) is 12.6. The van der Waals surface area contributed by atoms with E-state index in [1.807, 2.05) is 18.2 Å². The fourth-order valence-electron chi connectivity index (χ4n) is 1.91. The van der Waals surface area contributed by atoms with Gasteiger partial charge in [-0.15, -0.1) is 0 Å². The number of furan rings is 1. The normalized spacial score (nSPS) is 14.5. The first-order chi connectivity index (χ1) is 8.18. The van der Waals surface area contributed by atoms with Gasteiger partial charge in [0, 0.05) is 10.5 Å². The van der Waals surface area contributed by atoms with Gasteiger partial charge in [0.2, 0.25) is 0 Å². The minimum Gasteiger partial charge on any atom is -0.468 e. The topological polar surface area (TPSA) is 25.2 Å². The first-order valence-electron chi connectivity index (χ1n) is 5.72. The molecule has 0 amide bonds. The Hall–Kier alpha value is -1.06. The van der Waals surface area contributed by atoms with Crippen LogP contribution in [0, 0.1) is 0 Å². The van der Waals surface area contributed by atoms with Gasteiger partial charge in [0.15, 0.2) is 0 Å². The molecule has 1 heterocycles. The number of halogens is 1. The predicted octanol–water partition coefficient (Wildman–Crippen LogP) is 4.45. The zero-order chi connectivity index (χ0) is 12.3. The molecule has 2 nitrogen and oxygen atoms in total. The summed E-state index contributed by atoms with van der Waals surface area (Å²) in [6.45, 7) is 4.26. The summed E-state index contributed by atoms with van der Waals surface area (Å²) in [7, 11) is 0. The van der Waals surface area contributed by atoms with Gasteiger partial charge in [-0.05, 0) is 37.6 Å². The molecule has 0 saturated heterocycles. The fourth-order valence-corrected chi connectivity index (χ4v) is 2.54. The van der Waals surface area contributed by atoms with Gasteiger partial charge >= 0.3 is 0 Å². The molecule has 0 radical (unpaired) electrons. The van der Waals surface area contributed by atoms with Crippen LogP contribution in [0.5, 0.6) is 0 Å². The highest BCUT2D eigenvalue weighted by Gasteiger charge is 2.14. The highest BCUT2D eigenvalue weighted by molar-refractivity contribution is 9.10.